The fraction of sp³-hybridized carbons (Fsp3) is 0.333. The minimum atomic E-state index is -4.77. The number of aliphatic carboxylic acids is 1. The Hall–Kier alpha value is -2.87. The van der Waals surface area contributed by atoms with E-state index in [9.17, 15) is 36.3 Å². The van der Waals surface area contributed by atoms with Crippen molar-refractivity contribution in [3.63, 3.8) is 0 Å². The number of nitrogens with zero attached hydrogens (tertiary/aromatic N) is 1. The van der Waals surface area contributed by atoms with Crippen LogP contribution in [0.15, 0.2) is 36.4 Å². The van der Waals surface area contributed by atoms with Crippen LogP contribution in [-0.4, -0.2) is 48.8 Å². The number of carboxylic acid groups (broad SMARTS) is 1. The van der Waals surface area contributed by atoms with E-state index in [1.165, 1.54) is 19.1 Å². The van der Waals surface area contributed by atoms with Gasteiger partial charge < -0.3 is 14.6 Å². The smallest absolute Gasteiger partial charge is 0.416 e. The number of fused-ring (bicyclic) bond motifs is 1. The van der Waals surface area contributed by atoms with E-state index in [-0.39, 0.29) is 40.6 Å². The van der Waals surface area contributed by atoms with Crippen LogP contribution < -0.4 is 14.6 Å². The number of carbonyl (C=O) groups is 2. The van der Waals surface area contributed by atoms with E-state index in [4.69, 9.17) is 26.2 Å². The van der Waals surface area contributed by atoms with E-state index >= 15 is 0 Å². The van der Waals surface area contributed by atoms with E-state index in [0.29, 0.717) is 10.4 Å². The Labute approximate surface area is 203 Å². The van der Waals surface area contributed by atoms with E-state index in [2.05, 4.69) is 0 Å². The van der Waals surface area contributed by atoms with Crippen LogP contribution in [0, 0.1) is 0 Å². The molecule has 9 nitrogen and oxygen atoms in total. The number of hydrogen-bond donors (Lipinski definition) is 2. The number of alkyl halides is 3. The fourth-order valence-electron chi connectivity index (χ4n) is 3.61. The topological polar surface area (TPSA) is 136 Å². The van der Waals surface area contributed by atoms with Crippen molar-refractivity contribution >= 4 is 33.6 Å². The lowest BCUT2D eigenvalue weighted by molar-refractivity contribution is -0.142. The van der Waals surface area contributed by atoms with Gasteiger partial charge in [-0.2, -0.15) is 25.9 Å². The zero-order valence-corrected chi connectivity index (χ0v) is 19.7. The molecule has 2 aromatic rings. The first kappa shape index (κ1) is 26.7. The molecular formula is C21H20ClF3N2O7S. The maximum Gasteiger partial charge on any atom is 0.416 e. The zero-order chi connectivity index (χ0) is 26.1. The molecule has 0 spiro atoms. The second-order valence-electron chi connectivity index (χ2n) is 7.51. The summed E-state index contributed by atoms with van der Waals surface area (Å²) in [7, 11) is -4.46. The molecule has 35 heavy (non-hydrogen) atoms. The van der Waals surface area contributed by atoms with Gasteiger partial charge in [0.1, 0.15) is 24.2 Å². The first-order valence-electron chi connectivity index (χ1n) is 10.1. The highest BCUT2D eigenvalue weighted by Crippen LogP contribution is 2.43. The number of carbonyl (C=O) groups excluding carboxylic acids is 1. The van der Waals surface area contributed by atoms with Gasteiger partial charge in [-0.15, -0.1) is 0 Å². The summed E-state index contributed by atoms with van der Waals surface area (Å²) in [4.78, 5) is 24.3. The average molecular weight is 537 g/mol. The van der Waals surface area contributed by atoms with Crippen molar-refractivity contribution in [1.29, 1.82) is 0 Å². The molecule has 1 aliphatic heterocycles. The molecule has 0 unspecified atom stereocenters. The SMILES string of the molecule is CCN([C@H](COc1cc(C(F)(F)F)ccc1[C@@H]1CC(=O)c2cccc(Cl)c2O1)C(=O)O)S(N)(=O)=O. The maximum atomic E-state index is 13.4. The predicted molar refractivity (Wildman–Crippen MR) is 118 cm³/mol. The van der Waals surface area contributed by atoms with Crippen molar-refractivity contribution < 1.29 is 45.8 Å². The number of Topliss-reactive ketones (excluding diaryl/α,β-unsaturated/α-hetero) is 1. The maximum absolute atomic E-state index is 13.4. The number of likely N-dealkylation sites (N-methyl/N-ethyl adjacent to an activating group) is 1. The van der Waals surface area contributed by atoms with Gasteiger partial charge in [-0.05, 0) is 24.3 Å². The van der Waals surface area contributed by atoms with Crippen molar-refractivity contribution in [2.75, 3.05) is 13.2 Å². The number of rotatable bonds is 8. The summed E-state index contributed by atoms with van der Waals surface area (Å²) in [6, 6.07) is 5.12. The molecule has 2 atom stereocenters. The van der Waals surface area contributed by atoms with Crippen LogP contribution in [0.1, 0.15) is 40.9 Å². The summed E-state index contributed by atoms with van der Waals surface area (Å²) in [5, 5.41) is 14.7. The lowest BCUT2D eigenvalue weighted by atomic mass is 9.95. The summed E-state index contributed by atoms with van der Waals surface area (Å²) in [6.45, 7) is 0.134. The van der Waals surface area contributed by atoms with Crippen LogP contribution in [0.2, 0.25) is 5.02 Å². The van der Waals surface area contributed by atoms with Crippen LogP contribution in [0.4, 0.5) is 13.2 Å². The van der Waals surface area contributed by atoms with Crippen molar-refractivity contribution in [3.05, 3.63) is 58.1 Å². The number of para-hydroxylation sites is 1. The average Bonchev–Trinajstić information content (AvgIpc) is 2.75. The minimum Gasteiger partial charge on any atom is -0.491 e. The third kappa shape index (κ3) is 5.86. The van der Waals surface area contributed by atoms with Crippen LogP contribution in [0.25, 0.3) is 0 Å². The van der Waals surface area contributed by atoms with Gasteiger partial charge >= 0.3 is 12.1 Å². The van der Waals surface area contributed by atoms with Gasteiger partial charge in [-0.1, -0.05) is 30.7 Å². The third-order valence-corrected chi connectivity index (χ3v) is 6.72. The molecule has 0 saturated carbocycles. The van der Waals surface area contributed by atoms with Crippen molar-refractivity contribution in [1.82, 2.24) is 4.31 Å². The first-order valence-corrected chi connectivity index (χ1v) is 12.0. The Bertz CT molecular complexity index is 1250. The monoisotopic (exact) mass is 536 g/mol. The summed E-state index contributed by atoms with van der Waals surface area (Å²) in [5.74, 6) is -2.39. The van der Waals surface area contributed by atoms with Crippen molar-refractivity contribution in [3.8, 4) is 11.5 Å². The first-order chi connectivity index (χ1) is 16.2. The predicted octanol–water partition coefficient (Wildman–Crippen LogP) is 3.42. The molecule has 0 aromatic heterocycles. The molecule has 0 bridgehead atoms. The Morgan fingerprint density at radius 3 is 2.60 bits per heavy atom. The van der Waals surface area contributed by atoms with Gasteiger partial charge in [-0.25, -0.2) is 5.14 Å². The lowest BCUT2D eigenvalue weighted by Crippen LogP contribution is -2.50. The van der Waals surface area contributed by atoms with E-state index in [0.717, 1.165) is 12.1 Å². The fourth-order valence-corrected chi connectivity index (χ4v) is 4.69. The van der Waals surface area contributed by atoms with Gasteiger partial charge in [0.05, 0.1) is 22.6 Å². The molecule has 0 radical (unpaired) electrons. The van der Waals surface area contributed by atoms with Crippen molar-refractivity contribution in [2.24, 2.45) is 5.14 Å². The highest BCUT2D eigenvalue weighted by atomic mass is 35.5. The van der Waals surface area contributed by atoms with Gasteiger partial charge in [0.25, 0.3) is 10.2 Å². The number of benzene rings is 2. The van der Waals surface area contributed by atoms with E-state index in [1.807, 2.05) is 0 Å². The quantitative estimate of drug-likeness (QED) is 0.527. The summed E-state index contributed by atoms with van der Waals surface area (Å²) in [6.07, 6.45) is -6.12. The van der Waals surface area contributed by atoms with E-state index in [1.54, 1.807) is 6.07 Å². The molecule has 3 N–H and O–H groups in total. The molecule has 190 valence electrons. The number of halogens is 4. The second kappa shape index (κ2) is 10.0. The molecule has 0 fully saturated rings. The van der Waals surface area contributed by atoms with Crippen LogP contribution >= 0.6 is 11.6 Å². The lowest BCUT2D eigenvalue weighted by Gasteiger charge is -2.29. The van der Waals surface area contributed by atoms with E-state index < -0.39 is 52.4 Å². The number of ether oxygens (including phenoxy) is 2. The summed E-state index contributed by atoms with van der Waals surface area (Å²) in [5.41, 5.74) is -0.886. The van der Waals surface area contributed by atoms with Gasteiger partial charge in [-0.3, -0.25) is 9.59 Å². The van der Waals surface area contributed by atoms with Crippen LogP contribution in [0.3, 0.4) is 0 Å². The zero-order valence-electron chi connectivity index (χ0n) is 18.1. The molecule has 0 saturated heterocycles. The Morgan fingerprint density at radius 2 is 2.03 bits per heavy atom. The molecule has 0 amide bonds. The highest BCUT2D eigenvalue weighted by Gasteiger charge is 2.36. The molecule has 14 heteroatoms. The molecule has 2 aromatic carbocycles. The highest BCUT2D eigenvalue weighted by molar-refractivity contribution is 7.86. The standard InChI is InChI=1S/C21H20ClF3N2O7S/c1-2-27(35(26,31)32)15(20(29)30)10-33-17-8-11(21(23,24)25)6-7-13(17)18-9-16(28)12-4-3-5-14(22)19(12)34-18/h3-8,15,18H,2,9-10H2,1H3,(H,29,30)(H2,26,31,32)/t15-,18+/m1/s1. The molecule has 1 aliphatic rings. The number of hydrogen-bond acceptors (Lipinski definition) is 6. The van der Waals surface area contributed by atoms with Gasteiger partial charge in [0, 0.05) is 12.1 Å². The second-order valence-corrected chi connectivity index (χ2v) is 9.42. The van der Waals surface area contributed by atoms with Gasteiger partial charge in [0.2, 0.25) is 0 Å². The Balaban J connectivity index is 2.01. The van der Waals surface area contributed by atoms with Crippen molar-refractivity contribution in [2.45, 2.75) is 31.7 Å². The Kier molecular flexibility index (Phi) is 7.65. The third-order valence-electron chi connectivity index (χ3n) is 5.25. The largest absolute Gasteiger partial charge is 0.491 e. The number of nitrogens with two attached hydrogens (primary N) is 1. The summed E-state index contributed by atoms with van der Waals surface area (Å²) < 4.78 is 75.3. The number of ketones is 1. The molecular weight excluding hydrogens is 517 g/mol. The molecule has 0 aliphatic carbocycles. The molecule has 1 heterocycles. The van der Waals surface area contributed by atoms with Crippen LogP contribution in [0.5, 0.6) is 11.5 Å². The Morgan fingerprint density at radius 1 is 1.34 bits per heavy atom. The van der Waals surface area contributed by atoms with Crippen LogP contribution in [-0.2, 0) is 21.2 Å². The van der Waals surface area contributed by atoms with Gasteiger partial charge in [0.15, 0.2) is 11.8 Å². The normalized spacial score (nSPS) is 17.0. The molecule has 3 rings (SSSR count). The summed E-state index contributed by atoms with van der Waals surface area (Å²) >= 11 is 6.12. The minimum absolute atomic E-state index is 0.0136. The number of carboxylic acids is 1.